The Kier molecular flexibility index (Phi) is 5.02. The fourth-order valence-corrected chi connectivity index (χ4v) is 0.965. The van der Waals surface area contributed by atoms with E-state index in [0.29, 0.717) is 0 Å². The van der Waals surface area contributed by atoms with Crippen LogP contribution in [0.25, 0.3) is 0 Å². The van der Waals surface area contributed by atoms with Gasteiger partial charge in [-0.05, 0) is 37.1 Å². The van der Waals surface area contributed by atoms with Crippen molar-refractivity contribution in [3.63, 3.8) is 0 Å². The summed E-state index contributed by atoms with van der Waals surface area (Å²) < 4.78 is 5.25. The normalized spacial score (nSPS) is 9.00. The summed E-state index contributed by atoms with van der Waals surface area (Å²) in [4.78, 5) is 0. The Morgan fingerprint density at radius 3 is 2.50 bits per heavy atom. The highest BCUT2D eigenvalue weighted by molar-refractivity contribution is 5.85. The molecule has 0 atom stereocenters. The van der Waals surface area contributed by atoms with E-state index in [0.717, 1.165) is 5.75 Å². The number of halogens is 1. The van der Waals surface area contributed by atoms with Crippen molar-refractivity contribution in [2.45, 2.75) is 13.8 Å². The molecule has 3 nitrogen and oxygen atoms in total. The lowest BCUT2D eigenvalue weighted by Crippen LogP contribution is -2.19. The molecule has 3 N–H and O–H groups in total. The largest absolute Gasteiger partial charge is 0.486 e. The minimum Gasteiger partial charge on any atom is -0.486 e. The Bertz CT molecular complexity index is 326. The van der Waals surface area contributed by atoms with Crippen LogP contribution in [0.1, 0.15) is 11.1 Å². The topological polar surface area (TPSA) is 59.1 Å². The molecule has 0 radical (unpaired) electrons. The van der Waals surface area contributed by atoms with Crippen LogP contribution in [0.3, 0.4) is 0 Å². The van der Waals surface area contributed by atoms with E-state index in [1.165, 1.54) is 11.1 Å². The average Bonchev–Trinajstić information content (AvgIpc) is 2.07. The quantitative estimate of drug-likeness (QED) is 0.598. The van der Waals surface area contributed by atoms with Gasteiger partial charge in [0.2, 0.25) is 0 Å². The highest BCUT2D eigenvalue weighted by Crippen LogP contribution is 2.15. The Labute approximate surface area is 90.2 Å². The van der Waals surface area contributed by atoms with Crippen LogP contribution in [0.2, 0.25) is 0 Å². The smallest absolute Gasteiger partial charge is 0.145 e. The average molecular weight is 215 g/mol. The van der Waals surface area contributed by atoms with Crippen molar-refractivity contribution in [1.82, 2.24) is 0 Å². The van der Waals surface area contributed by atoms with Gasteiger partial charge in [-0.3, -0.25) is 5.41 Å². The van der Waals surface area contributed by atoms with Gasteiger partial charge < -0.3 is 10.5 Å². The maximum Gasteiger partial charge on any atom is 0.145 e. The van der Waals surface area contributed by atoms with E-state index in [-0.39, 0.29) is 24.8 Å². The summed E-state index contributed by atoms with van der Waals surface area (Å²) in [6, 6.07) is 5.81. The Hall–Kier alpha value is -1.22. The first-order valence-electron chi connectivity index (χ1n) is 4.12. The molecule has 0 spiro atoms. The first-order chi connectivity index (χ1) is 6.09. The minimum absolute atomic E-state index is 0. The van der Waals surface area contributed by atoms with E-state index in [4.69, 9.17) is 15.9 Å². The molecule has 78 valence electrons. The lowest BCUT2D eigenvalue weighted by molar-refractivity contribution is 0.374. The maximum absolute atomic E-state index is 6.99. The number of rotatable bonds is 3. The SMILES string of the molecule is Cc1ccc(OCC(=N)N)cc1C.Cl. The zero-order chi connectivity index (χ0) is 9.84. The molecule has 4 heteroatoms. The second-order valence-electron chi connectivity index (χ2n) is 3.06. The predicted molar refractivity (Wildman–Crippen MR) is 60.6 cm³/mol. The van der Waals surface area contributed by atoms with Crippen molar-refractivity contribution >= 4 is 18.2 Å². The lowest BCUT2D eigenvalue weighted by Gasteiger charge is -2.06. The van der Waals surface area contributed by atoms with Gasteiger partial charge in [0.25, 0.3) is 0 Å². The van der Waals surface area contributed by atoms with Crippen LogP contribution >= 0.6 is 12.4 Å². The van der Waals surface area contributed by atoms with Crippen molar-refractivity contribution < 1.29 is 4.74 Å². The van der Waals surface area contributed by atoms with Crippen molar-refractivity contribution in [2.24, 2.45) is 5.73 Å². The molecule has 1 aromatic rings. The highest BCUT2D eigenvalue weighted by atomic mass is 35.5. The molecule has 0 bridgehead atoms. The summed E-state index contributed by atoms with van der Waals surface area (Å²) >= 11 is 0. The fraction of sp³-hybridized carbons (Fsp3) is 0.300. The summed E-state index contributed by atoms with van der Waals surface area (Å²) in [7, 11) is 0. The van der Waals surface area contributed by atoms with Gasteiger partial charge in [0.05, 0.1) is 0 Å². The number of ether oxygens (including phenoxy) is 1. The van der Waals surface area contributed by atoms with Gasteiger partial charge in [-0.1, -0.05) is 6.07 Å². The van der Waals surface area contributed by atoms with E-state index in [1.54, 1.807) is 0 Å². The standard InChI is InChI=1S/C10H14N2O.ClH/c1-7-3-4-9(5-8(7)2)13-6-10(11)12;/h3-5H,6H2,1-2H3,(H3,11,12);1H. The van der Waals surface area contributed by atoms with Crippen LogP contribution in [0.15, 0.2) is 18.2 Å². The summed E-state index contributed by atoms with van der Waals surface area (Å²) in [5.41, 5.74) is 7.58. The summed E-state index contributed by atoms with van der Waals surface area (Å²) in [6.07, 6.45) is 0. The van der Waals surface area contributed by atoms with Crippen LogP contribution in [0, 0.1) is 19.3 Å². The molecule has 0 fully saturated rings. The zero-order valence-electron chi connectivity index (χ0n) is 8.33. The van der Waals surface area contributed by atoms with Crippen LogP contribution in [0.4, 0.5) is 0 Å². The van der Waals surface area contributed by atoms with Crippen LogP contribution in [0.5, 0.6) is 5.75 Å². The van der Waals surface area contributed by atoms with Crippen LogP contribution < -0.4 is 10.5 Å². The molecule has 0 amide bonds. The molecule has 0 unspecified atom stereocenters. The van der Waals surface area contributed by atoms with E-state index in [9.17, 15) is 0 Å². The Balaban J connectivity index is 0.00000169. The molecule has 0 heterocycles. The Morgan fingerprint density at radius 2 is 2.00 bits per heavy atom. The first kappa shape index (κ1) is 12.8. The number of nitrogens with one attached hydrogen (secondary N) is 1. The van der Waals surface area contributed by atoms with Gasteiger partial charge >= 0.3 is 0 Å². The molecule has 0 saturated carbocycles. The Morgan fingerprint density at radius 1 is 1.36 bits per heavy atom. The fourth-order valence-electron chi connectivity index (χ4n) is 0.965. The number of hydrogen-bond acceptors (Lipinski definition) is 2. The number of benzene rings is 1. The second kappa shape index (κ2) is 5.50. The van der Waals surface area contributed by atoms with E-state index in [1.807, 2.05) is 32.0 Å². The lowest BCUT2D eigenvalue weighted by atomic mass is 10.1. The number of aryl methyl sites for hydroxylation is 2. The molecule has 0 aliphatic heterocycles. The third-order valence-electron chi connectivity index (χ3n) is 1.87. The van der Waals surface area contributed by atoms with Gasteiger partial charge in [0, 0.05) is 0 Å². The van der Waals surface area contributed by atoms with Gasteiger partial charge in [-0.25, -0.2) is 0 Å². The van der Waals surface area contributed by atoms with E-state index in [2.05, 4.69) is 0 Å². The van der Waals surface area contributed by atoms with Gasteiger partial charge in [-0.2, -0.15) is 0 Å². The van der Waals surface area contributed by atoms with Crippen LogP contribution in [-0.4, -0.2) is 12.4 Å². The van der Waals surface area contributed by atoms with Crippen molar-refractivity contribution in [3.8, 4) is 5.75 Å². The number of nitrogens with two attached hydrogens (primary N) is 1. The van der Waals surface area contributed by atoms with Gasteiger partial charge in [0.1, 0.15) is 18.2 Å². The van der Waals surface area contributed by atoms with Crippen molar-refractivity contribution in [1.29, 1.82) is 5.41 Å². The number of hydrogen-bond donors (Lipinski definition) is 2. The molecule has 0 aliphatic carbocycles. The highest BCUT2D eigenvalue weighted by Gasteiger charge is 1.97. The summed E-state index contributed by atoms with van der Waals surface area (Å²) in [5.74, 6) is 0.802. The summed E-state index contributed by atoms with van der Waals surface area (Å²) in [6.45, 7) is 4.22. The van der Waals surface area contributed by atoms with Gasteiger partial charge in [-0.15, -0.1) is 12.4 Å². The molecular weight excluding hydrogens is 200 g/mol. The number of amidine groups is 1. The minimum atomic E-state index is 0. The second-order valence-corrected chi connectivity index (χ2v) is 3.06. The predicted octanol–water partition coefficient (Wildman–Crippen LogP) is 2.04. The third kappa shape index (κ3) is 3.66. The maximum atomic E-state index is 6.99. The molecular formula is C10H15ClN2O. The van der Waals surface area contributed by atoms with E-state index >= 15 is 0 Å². The molecule has 0 aromatic heterocycles. The molecule has 1 aromatic carbocycles. The molecule has 0 aliphatic rings. The molecule has 14 heavy (non-hydrogen) atoms. The first-order valence-corrected chi connectivity index (χ1v) is 4.12. The monoisotopic (exact) mass is 214 g/mol. The van der Waals surface area contributed by atoms with Crippen molar-refractivity contribution in [3.05, 3.63) is 29.3 Å². The van der Waals surface area contributed by atoms with E-state index < -0.39 is 0 Å². The van der Waals surface area contributed by atoms with Crippen molar-refractivity contribution in [2.75, 3.05) is 6.61 Å². The third-order valence-corrected chi connectivity index (χ3v) is 1.87. The van der Waals surface area contributed by atoms with Gasteiger partial charge in [0.15, 0.2) is 0 Å². The molecule has 0 saturated heterocycles. The summed E-state index contributed by atoms with van der Waals surface area (Å²) in [5, 5.41) is 6.99. The molecule has 1 rings (SSSR count). The zero-order valence-corrected chi connectivity index (χ0v) is 9.15. The van der Waals surface area contributed by atoms with Crippen LogP contribution in [-0.2, 0) is 0 Å².